The Kier molecular flexibility index (Phi) is 9.90. The van der Waals surface area contributed by atoms with Gasteiger partial charge in [0.05, 0.1) is 16.3 Å². The van der Waals surface area contributed by atoms with Crippen molar-refractivity contribution in [1.82, 2.24) is 24.9 Å². The van der Waals surface area contributed by atoms with E-state index < -0.39 is 0 Å². The Morgan fingerprint density at radius 2 is 1.56 bits per heavy atom. The number of likely N-dealkylation sites (N-methyl/N-ethyl adjacent to an activating group) is 1. The molecule has 2 amide bonds. The minimum absolute atomic E-state index is 0.0242. The lowest BCUT2D eigenvalue weighted by Gasteiger charge is -2.36. The van der Waals surface area contributed by atoms with Gasteiger partial charge in [0, 0.05) is 44.8 Å². The van der Waals surface area contributed by atoms with Gasteiger partial charge in [-0.05, 0) is 44.3 Å². The van der Waals surface area contributed by atoms with Crippen molar-refractivity contribution in [1.29, 1.82) is 0 Å². The van der Waals surface area contributed by atoms with Crippen molar-refractivity contribution in [2.45, 2.75) is 20.8 Å². The molecule has 39 heavy (non-hydrogen) atoms. The van der Waals surface area contributed by atoms with Crippen molar-refractivity contribution in [2.75, 3.05) is 63.8 Å². The van der Waals surface area contributed by atoms with Crippen LogP contribution in [0.1, 0.15) is 29.8 Å². The molecule has 1 aromatic heterocycles. The van der Waals surface area contributed by atoms with Crippen molar-refractivity contribution >= 4 is 29.2 Å². The maximum atomic E-state index is 13.4. The van der Waals surface area contributed by atoms with Crippen molar-refractivity contribution in [3.8, 4) is 11.3 Å². The molecule has 1 aliphatic heterocycles. The highest BCUT2D eigenvalue weighted by Crippen LogP contribution is 2.21. The summed E-state index contributed by atoms with van der Waals surface area (Å²) in [5.41, 5.74) is 3.49. The third-order valence-corrected chi connectivity index (χ3v) is 7.58. The van der Waals surface area contributed by atoms with Crippen LogP contribution in [-0.4, -0.2) is 95.6 Å². The van der Waals surface area contributed by atoms with Crippen LogP contribution in [0.25, 0.3) is 11.3 Å². The Hall–Kier alpha value is -3.49. The Morgan fingerprint density at radius 3 is 2.18 bits per heavy atom. The van der Waals surface area contributed by atoms with E-state index in [9.17, 15) is 9.59 Å². The van der Waals surface area contributed by atoms with Gasteiger partial charge in [-0.25, -0.2) is 0 Å². The normalized spacial score (nSPS) is 13.6. The van der Waals surface area contributed by atoms with E-state index >= 15 is 0 Å². The lowest BCUT2D eigenvalue weighted by atomic mass is 10.1. The van der Waals surface area contributed by atoms with Crippen LogP contribution in [0, 0.1) is 6.92 Å². The topological polar surface area (TPSA) is 72.9 Å². The number of aryl methyl sites for hydroxylation is 1. The van der Waals surface area contributed by atoms with E-state index in [-0.39, 0.29) is 18.4 Å². The summed E-state index contributed by atoms with van der Waals surface area (Å²) in [6, 6.07) is 19.2. The Balaban J connectivity index is 1.37. The predicted octanol–water partition coefficient (Wildman–Crippen LogP) is 4.24. The van der Waals surface area contributed by atoms with Crippen LogP contribution in [-0.2, 0) is 4.79 Å². The number of aromatic nitrogens is 2. The maximum Gasteiger partial charge on any atom is 0.255 e. The molecule has 0 bridgehead atoms. The van der Waals surface area contributed by atoms with E-state index in [0.29, 0.717) is 49.9 Å². The van der Waals surface area contributed by atoms with E-state index in [0.717, 1.165) is 30.2 Å². The van der Waals surface area contributed by atoms with Crippen molar-refractivity contribution < 1.29 is 9.59 Å². The second-order valence-electron chi connectivity index (χ2n) is 9.74. The standard InChI is InChI=1S/C30H37ClN6O2/c1-4-34(5-2)16-17-37(30(39)25-8-6-7-9-26(25)31)22-29(38)36-20-18-35(19-21-36)28-15-14-27(32-33-28)24-12-10-23(3)11-13-24/h6-15H,4-5,16-22H2,1-3H3. The number of hydrogen-bond acceptors (Lipinski definition) is 6. The molecule has 0 spiro atoms. The molecule has 1 aliphatic rings. The van der Waals surface area contributed by atoms with Gasteiger partial charge < -0.3 is 19.6 Å². The number of piperazine rings is 1. The Bertz CT molecular complexity index is 1240. The first kappa shape index (κ1) is 28.5. The molecule has 0 N–H and O–H groups in total. The molecule has 3 aromatic rings. The summed E-state index contributed by atoms with van der Waals surface area (Å²) in [5.74, 6) is 0.520. The highest BCUT2D eigenvalue weighted by Gasteiger charge is 2.27. The molecular weight excluding hydrogens is 512 g/mol. The van der Waals surface area contributed by atoms with Gasteiger partial charge in [0.2, 0.25) is 5.91 Å². The third kappa shape index (κ3) is 7.34. The molecule has 0 radical (unpaired) electrons. The van der Waals surface area contributed by atoms with E-state index in [1.165, 1.54) is 5.56 Å². The second-order valence-corrected chi connectivity index (χ2v) is 10.2. The predicted molar refractivity (Wildman–Crippen MR) is 156 cm³/mol. The van der Waals surface area contributed by atoms with E-state index in [1.54, 1.807) is 29.2 Å². The maximum absolute atomic E-state index is 13.4. The van der Waals surface area contributed by atoms with Crippen LogP contribution in [0.3, 0.4) is 0 Å². The average molecular weight is 549 g/mol. The fourth-order valence-corrected chi connectivity index (χ4v) is 4.90. The van der Waals surface area contributed by atoms with E-state index in [1.807, 2.05) is 29.2 Å². The number of anilines is 1. The highest BCUT2D eigenvalue weighted by atomic mass is 35.5. The van der Waals surface area contributed by atoms with Crippen LogP contribution in [0.4, 0.5) is 5.82 Å². The summed E-state index contributed by atoms with van der Waals surface area (Å²) in [5, 5.41) is 9.26. The molecular formula is C30H37ClN6O2. The molecule has 0 aliphatic carbocycles. The lowest BCUT2D eigenvalue weighted by Crippen LogP contribution is -2.52. The minimum Gasteiger partial charge on any atom is -0.352 e. The van der Waals surface area contributed by atoms with Crippen molar-refractivity contribution in [2.24, 2.45) is 0 Å². The second kappa shape index (κ2) is 13.5. The number of nitrogens with zero attached hydrogens (tertiary/aromatic N) is 6. The monoisotopic (exact) mass is 548 g/mol. The summed E-state index contributed by atoms with van der Waals surface area (Å²) >= 11 is 6.32. The van der Waals surface area contributed by atoms with Gasteiger partial charge in [0.15, 0.2) is 5.82 Å². The molecule has 8 nitrogen and oxygen atoms in total. The van der Waals surface area contributed by atoms with Crippen LogP contribution < -0.4 is 4.90 Å². The molecule has 206 valence electrons. The molecule has 0 atom stereocenters. The number of amides is 2. The minimum atomic E-state index is -0.219. The molecule has 0 saturated carbocycles. The van der Waals surface area contributed by atoms with Crippen molar-refractivity contribution in [3.63, 3.8) is 0 Å². The molecule has 4 rings (SSSR count). The van der Waals surface area contributed by atoms with E-state index in [4.69, 9.17) is 11.6 Å². The Labute approximate surface area is 236 Å². The number of benzene rings is 2. The van der Waals surface area contributed by atoms with Gasteiger partial charge in [-0.3, -0.25) is 9.59 Å². The van der Waals surface area contributed by atoms with Crippen LogP contribution in [0.15, 0.2) is 60.7 Å². The first-order valence-electron chi connectivity index (χ1n) is 13.6. The van der Waals surface area contributed by atoms with Gasteiger partial charge in [-0.1, -0.05) is 67.4 Å². The smallest absolute Gasteiger partial charge is 0.255 e. The quantitative estimate of drug-likeness (QED) is 0.377. The largest absolute Gasteiger partial charge is 0.352 e. The molecule has 0 unspecified atom stereocenters. The zero-order chi connectivity index (χ0) is 27.8. The third-order valence-electron chi connectivity index (χ3n) is 7.25. The number of rotatable bonds is 10. The van der Waals surface area contributed by atoms with Gasteiger partial charge in [-0.2, -0.15) is 0 Å². The SMILES string of the molecule is CCN(CC)CCN(CC(=O)N1CCN(c2ccc(-c3ccc(C)cc3)nn2)CC1)C(=O)c1ccccc1Cl. The van der Waals surface area contributed by atoms with Gasteiger partial charge >= 0.3 is 0 Å². The van der Waals surface area contributed by atoms with Gasteiger partial charge in [0.25, 0.3) is 5.91 Å². The van der Waals surface area contributed by atoms with Gasteiger partial charge in [-0.15, -0.1) is 10.2 Å². The number of carbonyl (C=O) groups excluding carboxylic acids is 2. The molecule has 2 heterocycles. The molecule has 1 fully saturated rings. The summed E-state index contributed by atoms with van der Waals surface area (Å²) in [4.78, 5) is 34.5. The zero-order valence-electron chi connectivity index (χ0n) is 23.0. The van der Waals surface area contributed by atoms with Crippen molar-refractivity contribution in [3.05, 3.63) is 76.8 Å². The summed E-state index contributed by atoms with van der Waals surface area (Å²) in [7, 11) is 0. The lowest BCUT2D eigenvalue weighted by molar-refractivity contribution is -0.132. The average Bonchev–Trinajstić information content (AvgIpc) is 2.97. The highest BCUT2D eigenvalue weighted by molar-refractivity contribution is 6.33. The summed E-state index contributed by atoms with van der Waals surface area (Å²) < 4.78 is 0. The summed E-state index contributed by atoms with van der Waals surface area (Å²) in [6.07, 6.45) is 0. The summed E-state index contributed by atoms with van der Waals surface area (Å²) in [6.45, 7) is 11.6. The number of halogens is 1. The fraction of sp³-hybridized carbons (Fsp3) is 0.400. The first-order chi connectivity index (χ1) is 18.9. The van der Waals surface area contributed by atoms with Crippen LogP contribution >= 0.6 is 11.6 Å². The fourth-order valence-electron chi connectivity index (χ4n) is 4.68. The Morgan fingerprint density at radius 1 is 0.872 bits per heavy atom. The van der Waals surface area contributed by atoms with Crippen LogP contribution in [0.5, 0.6) is 0 Å². The molecule has 2 aromatic carbocycles. The number of hydrogen-bond donors (Lipinski definition) is 0. The number of carbonyl (C=O) groups is 2. The first-order valence-corrected chi connectivity index (χ1v) is 14.0. The van der Waals surface area contributed by atoms with Crippen LogP contribution in [0.2, 0.25) is 5.02 Å². The molecule has 1 saturated heterocycles. The van der Waals surface area contributed by atoms with Gasteiger partial charge in [0.1, 0.15) is 6.54 Å². The zero-order valence-corrected chi connectivity index (χ0v) is 23.8. The molecule has 9 heteroatoms. The van der Waals surface area contributed by atoms with E-state index in [2.05, 4.69) is 52.9 Å².